The van der Waals surface area contributed by atoms with Gasteiger partial charge in [-0.05, 0) is 28.7 Å². The van der Waals surface area contributed by atoms with Gasteiger partial charge in [0.2, 0.25) is 0 Å². The second kappa shape index (κ2) is 23.8. The van der Waals surface area contributed by atoms with E-state index in [2.05, 4.69) is 6.92 Å². The average molecular weight is 723 g/mol. The Morgan fingerprint density at radius 3 is 1.42 bits per heavy atom. The first-order valence-corrected chi connectivity index (χ1v) is 19.8. The molecule has 53 heavy (non-hydrogen) atoms. The summed E-state index contributed by atoms with van der Waals surface area (Å²) in [7, 11) is 0. The minimum Gasteiger partial charge on any atom is -0.484 e. The summed E-state index contributed by atoms with van der Waals surface area (Å²) in [5.74, 6) is -0.0895. The summed E-state index contributed by atoms with van der Waals surface area (Å²) in [4.78, 5) is 0. The standard InChI is InChI=1S/C47H59FO5/c1-2-3-4-5-6-7-8-9-10-23-32-42(48)44-46(51-35-40-28-19-13-20-29-40)47(52-36-41-30-21-14-22-31-41)45(50-34-39-26-17-12-18-27-39)43(53-44)37-49-33-38-24-15-11-16-25-38/h11-22,24-31,43,45-47H,2-10,23,32-37H2,1H3/b44-42-/t43-,45-,46+,47+/m1/s1. The molecular weight excluding hydrogens is 664 g/mol. The molecule has 1 aliphatic rings. The summed E-state index contributed by atoms with van der Waals surface area (Å²) in [5.41, 5.74) is 4.07. The van der Waals surface area contributed by atoms with Gasteiger partial charge in [0, 0.05) is 6.42 Å². The lowest BCUT2D eigenvalue weighted by molar-refractivity contribution is -0.224. The molecule has 0 radical (unpaired) electrons. The van der Waals surface area contributed by atoms with Crippen LogP contribution in [0.4, 0.5) is 4.39 Å². The van der Waals surface area contributed by atoms with Crippen LogP contribution in [0.5, 0.6) is 0 Å². The van der Waals surface area contributed by atoms with E-state index < -0.39 is 24.4 Å². The molecule has 0 unspecified atom stereocenters. The first kappa shape index (κ1) is 40.4. The quantitative estimate of drug-likeness (QED) is 0.0674. The summed E-state index contributed by atoms with van der Waals surface area (Å²) in [5, 5.41) is 0. The highest BCUT2D eigenvalue weighted by molar-refractivity contribution is 5.20. The van der Waals surface area contributed by atoms with Crippen LogP contribution < -0.4 is 0 Å². The molecule has 0 amide bonds. The minimum atomic E-state index is -0.826. The van der Waals surface area contributed by atoms with Crippen LogP contribution in [-0.4, -0.2) is 31.0 Å². The summed E-state index contributed by atoms with van der Waals surface area (Å²) in [6.07, 6.45) is 9.36. The van der Waals surface area contributed by atoms with Crippen LogP contribution in [0.25, 0.3) is 0 Å². The largest absolute Gasteiger partial charge is 0.484 e. The van der Waals surface area contributed by atoms with E-state index in [1.54, 1.807) is 0 Å². The smallest absolute Gasteiger partial charge is 0.160 e. The Balaban J connectivity index is 1.38. The van der Waals surface area contributed by atoms with Crippen molar-refractivity contribution in [1.82, 2.24) is 0 Å². The van der Waals surface area contributed by atoms with Crippen LogP contribution in [0.1, 0.15) is 99.8 Å². The summed E-state index contributed by atoms with van der Waals surface area (Å²) in [6, 6.07) is 40.1. The number of rotatable bonds is 24. The molecule has 284 valence electrons. The zero-order valence-electron chi connectivity index (χ0n) is 31.6. The van der Waals surface area contributed by atoms with Crippen molar-refractivity contribution in [3.05, 3.63) is 155 Å². The fourth-order valence-corrected chi connectivity index (χ4v) is 6.78. The molecule has 5 nitrogen and oxygen atoms in total. The maximum absolute atomic E-state index is 16.6. The highest BCUT2D eigenvalue weighted by Crippen LogP contribution is 2.36. The molecule has 0 bridgehead atoms. The number of unbranched alkanes of at least 4 members (excludes halogenated alkanes) is 9. The molecular formula is C47H59FO5. The van der Waals surface area contributed by atoms with Crippen LogP contribution in [0.15, 0.2) is 133 Å². The number of halogens is 1. The third kappa shape index (κ3) is 14.2. The van der Waals surface area contributed by atoms with E-state index in [1.807, 2.05) is 121 Å². The Labute approximate surface area is 317 Å². The molecule has 1 heterocycles. The van der Waals surface area contributed by atoms with Crippen molar-refractivity contribution >= 4 is 0 Å². The van der Waals surface area contributed by atoms with Gasteiger partial charge in [0.05, 0.1) is 33.0 Å². The highest BCUT2D eigenvalue weighted by atomic mass is 19.1. The van der Waals surface area contributed by atoms with E-state index in [1.165, 1.54) is 44.9 Å². The lowest BCUT2D eigenvalue weighted by Crippen LogP contribution is -2.56. The monoisotopic (exact) mass is 722 g/mol. The first-order valence-electron chi connectivity index (χ1n) is 19.8. The molecule has 4 aromatic carbocycles. The lowest BCUT2D eigenvalue weighted by atomic mass is 9.95. The van der Waals surface area contributed by atoms with Crippen LogP contribution in [0, 0.1) is 0 Å². The van der Waals surface area contributed by atoms with Crippen molar-refractivity contribution in [3.63, 3.8) is 0 Å². The van der Waals surface area contributed by atoms with Crippen LogP contribution in [0.3, 0.4) is 0 Å². The molecule has 4 atom stereocenters. The minimum absolute atomic E-state index is 0.194. The zero-order chi connectivity index (χ0) is 36.8. The molecule has 5 rings (SSSR count). The molecule has 0 saturated carbocycles. The van der Waals surface area contributed by atoms with Gasteiger partial charge < -0.3 is 23.7 Å². The number of hydrogen-bond donors (Lipinski definition) is 0. The molecule has 0 N–H and O–H groups in total. The number of allylic oxidation sites excluding steroid dienone is 1. The zero-order valence-corrected chi connectivity index (χ0v) is 31.6. The van der Waals surface area contributed by atoms with Crippen molar-refractivity contribution in [2.24, 2.45) is 0 Å². The van der Waals surface area contributed by atoms with Gasteiger partial charge in [0.15, 0.2) is 11.9 Å². The predicted molar refractivity (Wildman–Crippen MR) is 211 cm³/mol. The van der Waals surface area contributed by atoms with Crippen molar-refractivity contribution in [1.29, 1.82) is 0 Å². The SMILES string of the molecule is CCCCCCCCCCCC/C(F)=C1/O[C@H](COCc2ccccc2)[C@@H](OCc2ccccc2)[C@H](OCc2ccccc2)[C@H]1OCc1ccccc1. The van der Waals surface area contributed by atoms with Crippen molar-refractivity contribution in [2.75, 3.05) is 6.61 Å². The second-order valence-corrected chi connectivity index (χ2v) is 14.1. The van der Waals surface area contributed by atoms with Crippen LogP contribution in [-0.2, 0) is 50.1 Å². The van der Waals surface area contributed by atoms with Crippen LogP contribution in [0.2, 0.25) is 0 Å². The highest BCUT2D eigenvalue weighted by Gasteiger charge is 2.48. The molecule has 6 heteroatoms. The molecule has 0 aliphatic carbocycles. The summed E-state index contributed by atoms with van der Waals surface area (Å²) >= 11 is 0. The fourth-order valence-electron chi connectivity index (χ4n) is 6.78. The molecule has 4 aromatic rings. The van der Waals surface area contributed by atoms with Crippen molar-refractivity contribution in [3.8, 4) is 0 Å². The van der Waals surface area contributed by atoms with Gasteiger partial charge in [-0.2, -0.15) is 0 Å². The van der Waals surface area contributed by atoms with Crippen LogP contribution >= 0.6 is 0 Å². The number of benzene rings is 4. The molecule has 0 aromatic heterocycles. The van der Waals surface area contributed by atoms with Crippen molar-refractivity contribution in [2.45, 2.75) is 128 Å². The average Bonchev–Trinajstić information content (AvgIpc) is 3.21. The summed E-state index contributed by atoms with van der Waals surface area (Å²) < 4.78 is 49.7. The summed E-state index contributed by atoms with van der Waals surface area (Å²) in [6.45, 7) is 3.76. The van der Waals surface area contributed by atoms with Gasteiger partial charge in [-0.25, -0.2) is 4.39 Å². The van der Waals surface area contributed by atoms with E-state index in [4.69, 9.17) is 23.7 Å². The second-order valence-electron chi connectivity index (χ2n) is 14.1. The molecule has 1 aliphatic heterocycles. The van der Waals surface area contributed by atoms with E-state index in [0.29, 0.717) is 19.8 Å². The maximum atomic E-state index is 16.6. The van der Waals surface area contributed by atoms with E-state index >= 15 is 4.39 Å². The Kier molecular flexibility index (Phi) is 18.1. The number of ether oxygens (including phenoxy) is 5. The third-order valence-electron chi connectivity index (χ3n) is 9.78. The molecule has 0 spiro atoms. The van der Waals surface area contributed by atoms with Gasteiger partial charge in [-0.15, -0.1) is 0 Å². The van der Waals surface area contributed by atoms with Gasteiger partial charge in [-0.3, -0.25) is 0 Å². The Morgan fingerprint density at radius 2 is 0.925 bits per heavy atom. The van der Waals surface area contributed by atoms with E-state index in [0.717, 1.165) is 41.5 Å². The normalized spacial score (nSPS) is 19.5. The van der Waals surface area contributed by atoms with Crippen molar-refractivity contribution < 1.29 is 28.1 Å². The topological polar surface area (TPSA) is 46.2 Å². The van der Waals surface area contributed by atoms with Gasteiger partial charge in [-0.1, -0.05) is 186 Å². The van der Waals surface area contributed by atoms with Gasteiger partial charge >= 0.3 is 0 Å². The van der Waals surface area contributed by atoms with E-state index in [-0.39, 0.29) is 31.2 Å². The van der Waals surface area contributed by atoms with E-state index in [9.17, 15) is 0 Å². The Hall–Kier alpha value is -3.81. The first-order chi connectivity index (χ1) is 26.2. The lowest BCUT2D eigenvalue weighted by Gasteiger charge is -2.43. The molecule has 1 saturated heterocycles. The Morgan fingerprint density at radius 1 is 0.509 bits per heavy atom. The van der Waals surface area contributed by atoms with Gasteiger partial charge in [0.25, 0.3) is 0 Å². The maximum Gasteiger partial charge on any atom is 0.160 e. The fraction of sp³-hybridized carbons (Fsp3) is 0.447. The Bertz CT molecular complexity index is 1550. The number of hydrogen-bond acceptors (Lipinski definition) is 5. The van der Waals surface area contributed by atoms with Gasteiger partial charge in [0.1, 0.15) is 24.1 Å². The predicted octanol–water partition coefficient (Wildman–Crippen LogP) is 11.9. The molecule has 1 fully saturated rings. The third-order valence-corrected chi connectivity index (χ3v) is 9.78.